The third-order valence-electron chi connectivity index (χ3n) is 2.99. The SMILES string of the molecule is CCCNC(Cc1cn(C)nn1)c1cc(Cl)cc(Br)c1. The van der Waals surface area contributed by atoms with E-state index in [1.807, 2.05) is 25.4 Å². The van der Waals surface area contributed by atoms with Crippen molar-refractivity contribution in [1.29, 1.82) is 0 Å². The van der Waals surface area contributed by atoms with Crippen molar-refractivity contribution < 1.29 is 0 Å². The van der Waals surface area contributed by atoms with Gasteiger partial charge >= 0.3 is 0 Å². The highest BCUT2D eigenvalue weighted by atomic mass is 79.9. The second-order valence-corrected chi connectivity index (χ2v) is 6.15. The molecule has 0 spiro atoms. The highest BCUT2D eigenvalue weighted by molar-refractivity contribution is 9.10. The fraction of sp³-hybridized carbons (Fsp3) is 0.429. The fourth-order valence-corrected chi connectivity index (χ4v) is 2.99. The Labute approximate surface area is 132 Å². The van der Waals surface area contributed by atoms with Crippen LogP contribution in [0, 0.1) is 0 Å². The van der Waals surface area contributed by atoms with E-state index in [0.717, 1.165) is 40.1 Å². The van der Waals surface area contributed by atoms with E-state index in [2.05, 4.69) is 44.5 Å². The summed E-state index contributed by atoms with van der Waals surface area (Å²) < 4.78 is 2.71. The monoisotopic (exact) mass is 356 g/mol. The summed E-state index contributed by atoms with van der Waals surface area (Å²) in [5.41, 5.74) is 2.13. The molecule has 20 heavy (non-hydrogen) atoms. The molecule has 2 aromatic rings. The highest BCUT2D eigenvalue weighted by Crippen LogP contribution is 2.25. The van der Waals surface area contributed by atoms with Crippen LogP contribution in [-0.2, 0) is 13.5 Å². The Balaban J connectivity index is 2.21. The molecule has 0 aliphatic heterocycles. The van der Waals surface area contributed by atoms with Crippen LogP contribution in [0.15, 0.2) is 28.9 Å². The fourth-order valence-electron chi connectivity index (χ4n) is 2.10. The molecule has 4 nitrogen and oxygen atoms in total. The standard InChI is InChI=1S/C14H18BrClN4/c1-3-4-17-14(8-13-9-20(2)19-18-13)10-5-11(15)7-12(16)6-10/h5-7,9,14,17H,3-4,8H2,1-2H3. The van der Waals surface area contributed by atoms with Crippen molar-refractivity contribution in [1.82, 2.24) is 20.3 Å². The van der Waals surface area contributed by atoms with Gasteiger partial charge in [-0.15, -0.1) is 5.10 Å². The quantitative estimate of drug-likeness (QED) is 0.860. The molecular formula is C14H18BrClN4. The first-order valence-electron chi connectivity index (χ1n) is 6.63. The molecule has 1 atom stereocenters. The normalized spacial score (nSPS) is 12.6. The van der Waals surface area contributed by atoms with Crippen molar-refractivity contribution in [3.63, 3.8) is 0 Å². The second-order valence-electron chi connectivity index (χ2n) is 4.80. The van der Waals surface area contributed by atoms with E-state index in [-0.39, 0.29) is 6.04 Å². The summed E-state index contributed by atoms with van der Waals surface area (Å²) >= 11 is 9.64. The molecule has 6 heteroatoms. The maximum Gasteiger partial charge on any atom is 0.0845 e. The van der Waals surface area contributed by atoms with E-state index >= 15 is 0 Å². The van der Waals surface area contributed by atoms with Crippen molar-refractivity contribution in [2.45, 2.75) is 25.8 Å². The number of aromatic nitrogens is 3. The van der Waals surface area contributed by atoms with Gasteiger partial charge in [-0.3, -0.25) is 4.68 Å². The second kappa shape index (κ2) is 7.20. The zero-order chi connectivity index (χ0) is 14.5. The van der Waals surface area contributed by atoms with Crippen molar-refractivity contribution in [2.24, 2.45) is 7.05 Å². The van der Waals surface area contributed by atoms with Crippen LogP contribution in [0.1, 0.15) is 30.6 Å². The topological polar surface area (TPSA) is 42.7 Å². The maximum absolute atomic E-state index is 6.15. The molecule has 0 aliphatic carbocycles. The van der Waals surface area contributed by atoms with Crippen LogP contribution in [0.25, 0.3) is 0 Å². The first kappa shape index (κ1) is 15.5. The van der Waals surface area contributed by atoms with Crippen molar-refractivity contribution in [3.05, 3.63) is 45.1 Å². The molecule has 1 aromatic heterocycles. The first-order chi connectivity index (χ1) is 9.58. The Hall–Kier alpha value is -0.910. The van der Waals surface area contributed by atoms with Crippen molar-refractivity contribution >= 4 is 27.5 Å². The average molecular weight is 358 g/mol. The molecule has 1 aromatic carbocycles. The Kier molecular flexibility index (Phi) is 5.57. The Morgan fingerprint density at radius 3 is 2.80 bits per heavy atom. The Morgan fingerprint density at radius 1 is 1.40 bits per heavy atom. The largest absolute Gasteiger partial charge is 0.310 e. The summed E-state index contributed by atoms with van der Waals surface area (Å²) in [5.74, 6) is 0. The molecule has 2 rings (SSSR count). The van der Waals surface area contributed by atoms with Gasteiger partial charge in [-0.2, -0.15) is 0 Å². The minimum Gasteiger partial charge on any atom is -0.310 e. The number of aryl methyl sites for hydroxylation is 1. The predicted octanol–water partition coefficient (Wildman–Crippen LogP) is 3.51. The van der Waals surface area contributed by atoms with Crippen LogP contribution in [0.4, 0.5) is 0 Å². The van der Waals surface area contributed by atoms with Gasteiger partial charge in [0.25, 0.3) is 0 Å². The van der Waals surface area contributed by atoms with Gasteiger partial charge in [-0.1, -0.05) is 39.7 Å². The molecule has 0 aliphatic rings. The summed E-state index contributed by atoms with van der Waals surface area (Å²) in [4.78, 5) is 0. The van der Waals surface area contributed by atoms with Crippen LogP contribution >= 0.6 is 27.5 Å². The summed E-state index contributed by atoms with van der Waals surface area (Å²) in [6, 6.07) is 6.16. The first-order valence-corrected chi connectivity index (χ1v) is 7.80. The van der Waals surface area contributed by atoms with E-state index in [9.17, 15) is 0 Å². The molecule has 1 unspecified atom stereocenters. The third kappa shape index (κ3) is 4.30. The van der Waals surface area contributed by atoms with Crippen LogP contribution in [0.3, 0.4) is 0 Å². The summed E-state index contributed by atoms with van der Waals surface area (Å²) in [5, 5.41) is 12.4. The maximum atomic E-state index is 6.15. The average Bonchev–Trinajstić information content (AvgIpc) is 2.79. The number of nitrogens with one attached hydrogen (secondary N) is 1. The molecule has 0 fully saturated rings. The van der Waals surface area contributed by atoms with Gasteiger partial charge in [-0.25, -0.2) is 0 Å². The van der Waals surface area contributed by atoms with Gasteiger partial charge in [0.1, 0.15) is 0 Å². The summed E-state index contributed by atoms with van der Waals surface area (Å²) in [6.45, 7) is 3.11. The number of rotatable bonds is 6. The van der Waals surface area contributed by atoms with Gasteiger partial charge < -0.3 is 5.32 Å². The van der Waals surface area contributed by atoms with Gasteiger partial charge in [0, 0.05) is 35.2 Å². The zero-order valence-electron chi connectivity index (χ0n) is 11.6. The van der Waals surface area contributed by atoms with E-state index < -0.39 is 0 Å². The number of halogens is 2. The zero-order valence-corrected chi connectivity index (χ0v) is 13.9. The molecule has 1 heterocycles. The highest BCUT2D eigenvalue weighted by Gasteiger charge is 2.14. The minimum absolute atomic E-state index is 0.182. The molecular weight excluding hydrogens is 340 g/mol. The molecule has 0 saturated carbocycles. The lowest BCUT2D eigenvalue weighted by molar-refractivity contribution is 0.524. The molecule has 1 N–H and O–H groups in total. The lowest BCUT2D eigenvalue weighted by Gasteiger charge is -2.18. The van der Waals surface area contributed by atoms with Crippen molar-refractivity contribution in [3.8, 4) is 0 Å². The molecule has 0 saturated heterocycles. The van der Waals surface area contributed by atoms with Crippen LogP contribution in [0.5, 0.6) is 0 Å². The van der Waals surface area contributed by atoms with Gasteiger partial charge in [0.05, 0.1) is 5.69 Å². The smallest absolute Gasteiger partial charge is 0.0845 e. The van der Waals surface area contributed by atoms with Gasteiger partial charge in [0.15, 0.2) is 0 Å². The number of hydrogen-bond acceptors (Lipinski definition) is 3. The van der Waals surface area contributed by atoms with Crippen LogP contribution in [-0.4, -0.2) is 21.5 Å². The Bertz CT molecular complexity index is 550. The van der Waals surface area contributed by atoms with Crippen molar-refractivity contribution in [2.75, 3.05) is 6.54 Å². The molecule has 0 amide bonds. The number of benzene rings is 1. The van der Waals surface area contributed by atoms with E-state index in [4.69, 9.17) is 11.6 Å². The predicted molar refractivity (Wildman–Crippen MR) is 84.9 cm³/mol. The number of nitrogens with zero attached hydrogens (tertiary/aromatic N) is 3. The van der Waals surface area contributed by atoms with E-state index in [1.165, 1.54) is 0 Å². The summed E-state index contributed by atoms with van der Waals surface area (Å²) in [7, 11) is 1.88. The number of hydrogen-bond donors (Lipinski definition) is 1. The van der Waals surface area contributed by atoms with E-state index in [0.29, 0.717) is 0 Å². The summed E-state index contributed by atoms with van der Waals surface area (Å²) in [6.07, 6.45) is 3.82. The van der Waals surface area contributed by atoms with Gasteiger partial charge in [-0.05, 0) is 36.7 Å². The lowest BCUT2D eigenvalue weighted by atomic mass is 10.0. The minimum atomic E-state index is 0.182. The lowest BCUT2D eigenvalue weighted by Crippen LogP contribution is -2.24. The van der Waals surface area contributed by atoms with Crippen LogP contribution in [0.2, 0.25) is 5.02 Å². The molecule has 0 radical (unpaired) electrons. The van der Waals surface area contributed by atoms with Crippen LogP contribution < -0.4 is 5.32 Å². The molecule has 0 bridgehead atoms. The van der Waals surface area contributed by atoms with Gasteiger partial charge in [0.2, 0.25) is 0 Å². The third-order valence-corrected chi connectivity index (χ3v) is 3.67. The van der Waals surface area contributed by atoms with E-state index in [1.54, 1.807) is 4.68 Å². The molecule has 108 valence electrons. The Morgan fingerprint density at radius 2 is 2.20 bits per heavy atom.